The maximum absolute atomic E-state index is 11.2. The number of ether oxygens (including phenoxy) is 2. The summed E-state index contributed by atoms with van der Waals surface area (Å²) in [6.45, 7) is 3.63. The molecule has 1 unspecified atom stereocenters. The molecule has 0 aliphatic carbocycles. The molecule has 44 heavy (non-hydrogen) atoms. The predicted octanol–water partition coefficient (Wildman–Crippen LogP) is 6.53. The number of nitrogens with zero attached hydrogens (tertiary/aromatic N) is 3. The van der Waals surface area contributed by atoms with E-state index < -0.39 is 17.8 Å². The van der Waals surface area contributed by atoms with Gasteiger partial charge in [-0.05, 0) is 67.8 Å². The molecule has 1 saturated heterocycles. The van der Waals surface area contributed by atoms with E-state index in [1.807, 2.05) is 83.8 Å². The van der Waals surface area contributed by atoms with Crippen molar-refractivity contribution in [2.75, 3.05) is 19.7 Å². The number of unbranched alkanes of at least 4 members (excludes halogenated alkanes) is 3. The van der Waals surface area contributed by atoms with Gasteiger partial charge in [-0.1, -0.05) is 56.5 Å². The maximum atomic E-state index is 11.2. The van der Waals surface area contributed by atoms with E-state index in [-0.39, 0.29) is 0 Å². The van der Waals surface area contributed by atoms with Crippen molar-refractivity contribution in [2.24, 2.45) is 0 Å². The fourth-order valence-electron chi connectivity index (χ4n) is 5.03. The molecule has 1 aliphatic rings. The fourth-order valence-corrected chi connectivity index (χ4v) is 5.03. The Balaban J connectivity index is 0.000000429. The Bertz CT molecular complexity index is 1430. The number of aliphatic hydroxyl groups excluding tert-OH is 1. The zero-order chi connectivity index (χ0) is 31.2. The lowest BCUT2D eigenvalue weighted by atomic mass is 9.88. The highest BCUT2D eigenvalue weighted by Gasteiger charge is 2.37. The lowest BCUT2D eigenvalue weighted by Crippen LogP contribution is -2.47. The van der Waals surface area contributed by atoms with Crippen LogP contribution in [-0.2, 0) is 10.4 Å². The topological polar surface area (TPSA) is 125 Å². The van der Waals surface area contributed by atoms with E-state index >= 15 is 0 Å². The highest BCUT2D eigenvalue weighted by atomic mass is 16.5. The zero-order valence-corrected chi connectivity index (χ0v) is 25.3. The number of carbonyl (C=O) groups is 1. The molecule has 9 heteroatoms. The number of para-hydroxylation sites is 3. The number of aliphatic hydroxyl groups is 2. The lowest BCUT2D eigenvalue weighted by Gasteiger charge is -2.39. The van der Waals surface area contributed by atoms with Gasteiger partial charge in [-0.15, -0.1) is 0 Å². The average Bonchev–Trinajstić information content (AvgIpc) is 3.05. The van der Waals surface area contributed by atoms with Crippen LogP contribution in [0.1, 0.15) is 64.0 Å². The summed E-state index contributed by atoms with van der Waals surface area (Å²) >= 11 is 0. The van der Waals surface area contributed by atoms with Crippen LogP contribution in [0, 0.1) is 0 Å². The van der Waals surface area contributed by atoms with Crippen LogP contribution in [0.15, 0.2) is 85.1 Å². The molecule has 1 aromatic heterocycles. The summed E-state index contributed by atoms with van der Waals surface area (Å²) in [6, 6.07) is 24.7. The third-order valence-electron chi connectivity index (χ3n) is 7.66. The fraction of sp³-hybridized carbons (Fsp3) is 0.400. The van der Waals surface area contributed by atoms with Crippen molar-refractivity contribution in [3.63, 3.8) is 0 Å². The summed E-state index contributed by atoms with van der Waals surface area (Å²) in [5, 5.41) is 30.1. The molecule has 1 atom stereocenters. The number of benzene rings is 3. The third-order valence-corrected chi connectivity index (χ3v) is 7.66. The maximum Gasteiger partial charge on any atom is 0.303 e. The van der Waals surface area contributed by atoms with Gasteiger partial charge in [0.1, 0.15) is 29.1 Å². The highest BCUT2D eigenvalue weighted by Crippen LogP contribution is 2.33. The number of carboxylic acids is 1. The number of hydrogen-bond acceptors (Lipinski definition) is 8. The Morgan fingerprint density at radius 2 is 1.52 bits per heavy atom. The summed E-state index contributed by atoms with van der Waals surface area (Å²) in [6.07, 6.45) is 7.03. The van der Waals surface area contributed by atoms with Crippen LogP contribution in [0.3, 0.4) is 0 Å². The van der Waals surface area contributed by atoms with Crippen LogP contribution in [0.5, 0.6) is 17.2 Å². The number of fused-ring (bicyclic) bond motifs is 1. The van der Waals surface area contributed by atoms with Crippen LogP contribution in [0.2, 0.25) is 0 Å². The molecule has 3 aromatic carbocycles. The third kappa shape index (κ3) is 10.0. The molecule has 4 aromatic rings. The van der Waals surface area contributed by atoms with Gasteiger partial charge in [0.25, 0.3) is 0 Å². The number of rotatable bonds is 13. The van der Waals surface area contributed by atoms with Crippen LogP contribution in [0.4, 0.5) is 0 Å². The predicted molar refractivity (Wildman–Crippen MR) is 170 cm³/mol. The second kappa shape index (κ2) is 16.7. The van der Waals surface area contributed by atoms with E-state index in [4.69, 9.17) is 14.6 Å². The number of piperidine rings is 1. The summed E-state index contributed by atoms with van der Waals surface area (Å²) < 4.78 is 11.6. The van der Waals surface area contributed by atoms with Gasteiger partial charge in [0.15, 0.2) is 0 Å². The Hall–Kier alpha value is -4.05. The summed E-state index contributed by atoms with van der Waals surface area (Å²) in [5.74, 6) is 1.57. The molecule has 0 amide bonds. The number of carboxylic acid groups (broad SMARTS) is 1. The van der Waals surface area contributed by atoms with Gasteiger partial charge >= 0.3 is 5.97 Å². The van der Waals surface area contributed by atoms with Gasteiger partial charge in [0.2, 0.25) is 0 Å². The van der Waals surface area contributed by atoms with E-state index in [0.29, 0.717) is 51.1 Å². The van der Waals surface area contributed by atoms with E-state index in [9.17, 15) is 15.0 Å². The van der Waals surface area contributed by atoms with Gasteiger partial charge in [0.05, 0.1) is 29.5 Å². The Morgan fingerprint density at radius 1 is 0.886 bits per heavy atom. The monoisotopic (exact) mass is 601 g/mol. The van der Waals surface area contributed by atoms with Gasteiger partial charge in [0, 0.05) is 25.9 Å². The van der Waals surface area contributed by atoms with Crippen LogP contribution < -0.4 is 9.47 Å². The van der Waals surface area contributed by atoms with Crippen molar-refractivity contribution in [1.29, 1.82) is 0 Å². The van der Waals surface area contributed by atoms with Crippen molar-refractivity contribution in [2.45, 2.75) is 70.1 Å². The highest BCUT2D eigenvalue weighted by molar-refractivity contribution is 5.73. The number of aromatic nitrogens is 2. The van der Waals surface area contributed by atoms with Crippen molar-refractivity contribution in [1.82, 2.24) is 14.9 Å². The first-order valence-corrected chi connectivity index (χ1v) is 15.4. The summed E-state index contributed by atoms with van der Waals surface area (Å²) in [4.78, 5) is 21.0. The SMILES string of the molecule is CCCCCCC(=O)O.OC(CCOc1ccc(Oc2ccccc2)cc1)N1CCC(O)(c2cnc3ccccc3n2)CC1. The molecule has 0 spiro atoms. The minimum absolute atomic E-state index is 0.333. The van der Waals surface area contributed by atoms with Crippen molar-refractivity contribution < 1.29 is 29.6 Å². The van der Waals surface area contributed by atoms with E-state index in [1.54, 1.807) is 6.20 Å². The van der Waals surface area contributed by atoms with Crippen molar-refractivity contribution in [3.05, 3.63) is 90.8 Å². The molecule has 5 rings (SSSR count). The standard InChI is InChI=1S/C28H29N3O4.C7H14O2/c32-27(14-19-34-21-10-12-23(13-11-21)35-22-6-2-1-3-7-22)31-17-15-28(33,16-18-31)26-20-29-24-8-4-5-9-25(24)30-26;1-2-3-4-5-6-7(8)9/h1-13,20,27,32-33H,14-19H2;2-6H2,1H3,(H,8,9). The van der Waals surface area contributed by atoms with E-state index in [2.05, 4.69) is 16.9 Å². The number of aliphatic carboxylic acids is 1. The first-order chi connectivity index (χ1) is 21.4. The second-order valence-corrected chi connectivity index (χ2v) is 11.0. The van der Waals surface area contributed by atoms with Crippen molar-refractivity contribution in [3.8, 4) is 17.2 Å². The second-order valence-electron chi connectivity index (χ2n) is 11.0. The minimum Gasteiger partial charge on any atom is -0.493 e. The zero-order valence-electron chi connectivity index (χ0n) is 25.3. The Kier molecular flexibility index (Phi) is 12.5. The average molecular weight is 602 g/mol. The largest absolute Gasteiger partial charge is 0.493 e. The lowest BCUT2D eigenvalue weighted by molar-refractivity contribution is -0.137. The molecule has 2 heterocycles. The molecule has 3 N–H and O–H groups in total. The smallest absolute Gasteiger partial charge is 0.303 e. The molecule has 234 valence electrons. The van der Waals surface area contributed by atoms with Crippen LogP contribution in [-0.4, -0.2) is 62.1 Å². The molecule has 0 bridgehead atoms. The van der Waals surface area contributed by atoms with Gasteiger partial charge in [-0.3, -0.25) is 14.7 Å². The first kappa shape index (κ1) is 32.9. The number of hydrogen-bond donors (Lipinski definition) is 3. The molecular formula is C35H43N3O6. The summed E-state index contributed by atoms with van der Waals surface area (Å²) in [7, 11) is 0. The Morgan fingerprint density at radius 3 is 2.20 bits per heavy atom. The molecule has 9 nitrogen and oxygen atoms in total. The van der Waals surface area contributed by atoms with Crippen LogP contribution >= 0.6 is 0 Å². The quantitative estimate of drug-likeness (QED) is 0.147. The molecule has 0 saturated carbocycles. The number of likely N-dealkylation sites (tertiary alicyclic amines) is 1. The van der Waals surface area contributed by atoms with Gasteiger partial charge in [-0.2, -0.15) is 0 Å². The van der Waals surface area contributed by atoms with E-state index in [1.165, 1.54) is 6.42 Å². The van der Waals surface area contributed by atoms with E-state index in [0.717, 1.165) is 47.5 Å². The van der Waals surface area contributed by atoms with Gasteiger partial charge < -0.3 is 24.8 Å². The molecule has 0 radical (unpaired) electrons. The minimum atomic E-state index is -1.03. The Labute approximate surface area is 259 Å². The van der Waals surface area contributed by atoms with Crippen LogP contribution in [0.25, 0.3) is 11.0 Å². The molecular weight excluding hydrogens is 558 g/mol. The first-order valence-electron chi connectivity index (χ1n) is 15.4. The van der Waals surface area contributed by atoms with Crippen molar-refractivity contribution >= 4 is 17.0 Å². The summed E-state index contributed by atoms with van der Waals surface area (Å²) in [5.41, 5.74) is 1.14. The van der Waals surface area contributed by atoms with Gasteiger partial charge in [-0.25, -0.2) is 4.98 Å². The molecule has 1 aliphatic heterocycles. The molecule has 1 fully saturated rings. The normalized spacial score (nSPS) is 15.2.